The van der Waals surface area contributed by atoms with Crippen LogP contribution in [0.25, 0.3) is 21.3 Å². The minimum absolute atomic E-state index is 0.0279. The van der Waals surface area contributed by atoms with Gasteiger partial charge in [0.1, 0.15) is 10.7 Å². The van der Waals surface area contributed by atoms with Crippen LogP contribution >= 0.6 is 27.3 Å². The van der Waals surface area contributed by atoms with Crippen molar-refractivity contribution in [2.24, 2.45) is 0 Å². The highest BCUT2D eigenvalue weighted by Gasteiger charge is 2.15. The molecule has 3 aromatic rings. The van der Waals surface area contributed by atoms with Crippen molar-refractivity contribution < 1.29 is 0 Å². The van der Waals surface area contributed by atoms with Crippen LogP contribution in [0, 0.1) is 0 Å². The molecule has 5 heteroatoms. The summed E-state index contributed by atoms with van der Waals surface area (Å²) in [5.41, 5.74) is 5.02. The zero-order chi connectivity index (χ0) is 15.8. The number of H-pyrrole nitrogens is 1. The van der Waals surface area contributed by atoms with Crippen LogP contribution in [0.2, 0.25) is 0 Å². The maximum atomic E-state index is 12.5. The minimum Gasteiger partial charge on any atom is -0.310 e. The van der Waals surface area contributed by atoms with Crippen molar-refractivity contribution in [2.75, 3.05) is 5.33 Å². The lowest BCUT2D eigenvalue weighted by atomic mass is 9.89. The number of nitrogens with one attached hydrogen (secondary N) is 1. The third-order valence-corrected chi connectivity index (χ3v) is 5.75. The van der Waals surface area contributed by atoms with E-state index in [9.17, 15) is 4.79 Å². The third-order valence-electron chi connectivity index (χ3n) is 4.48. The van der Waals surface area contributed by atoms with Crippen LogP contribution in [0.4, 0.5) is 0 Å². The van der Waals surface area contributed by atoms with E-state index in [2.05, 4.69) is 49.5 Å². The van der Waals surface area contributed by atoms with Gasteiger partial charge < -0.3 is 4.98 Å². The van der Waals surface area contributed by atoms with Gasteiger partial charge in [-0.2, -0.15) is 0 Å². The molecule has 3 nitrogen and oxygen atoms in total. The quantitative estimate of drug-likeness (QED) is 0.672. The van der Waals surface area contributed by atoms with Gasteiger partial charge in [-0.15, -0.1) is 11.3 Å². The molecule has 1 aliphatic carbocycles. The fourth-order valence-corrected chi connectivity index (χ4v) is 4.66. The molecule has 2 heterocycles. The Morgan fingerprint density at radius 1 is 1.22 bits per heavy atom. The molecule has 4 rings (SSSR count). The molecule has 0 saturated heterocycles. The molecule has 1 aliphatic rings. The fourth-order valence-electron chi connectivity index (χ4n) is 3.31. The smallest absolute Gasteiger partial charge is 0.260 e. The number of fused-ring (bicyclic) bond motifs is 2. The second kappa shape index (κ2) is 6.21. The molecular weight excluding hydrogens is 372 g/mol. The number of aromatic nitrogens is 2. The Hall–Kier alpha value is -1.46. The lowest BCUT2D eigenvalue weighted by molar-refractivity contribution is 0.686. The normalized spacial score (nSPS) is 14.1. The second-order valence-electron chi connectivity index (χ2n) is 5.97. The molecule has 0 spiro atoms. The maximum absolute atomic E-state index is 12.5. The Labute approximate surface area is 146 Å². The van der Waals surface area contributed by atoms with Gasteiger partial charge in [0.2, 0.25) is 0 Å². The van der Waals surface area contributed by atoms with E-state index in [0.717, 1.165) is 45.3 Å². The number of aryl methyl sites for hydroxylation is 3. The summed E-state index contributed by atoms with van der Waals surface area (Å²) in [5, 5.41) is 3.59. The number of alkyl halides is 1. The molecule has 0 aliphatic heterocycles. The molecule has 23 heavy (non-hydrogen) atoms. The first-order chi connectivity index (χ1) is 11.3. The fraction of sp³-hybridized carbons (Fsp3) is 0.333. The van der Waals surface area contributed by atoms with Gasteiger partial charge in [-0.1, -0.05) is 34.1 Å². The number of aromatic amines is 1. The number of hydrogen-bond acceptors (Lipinski definition) is 3. The van der Waals surface area contributed by atoms with Crippen molar-refractivity contribution in [1.29, 1.82) is 0 Å². The Kier molecular flexibility index (Phi) is 4.07. The molecule has 0 saturated carbocycles. The molecule has 0 fully saturated rings. The summed E-state index contributed by atoms with van der Waals surface area (Å²) in [5.74, 6) is 0.748. The van der Waals surface area contributed by atoms with Gasteiger partial charge in [-0.25, -0.2) is 4.98 Å². The predicted octanol–water partition coefficient (Wildman–Crippen LogP) is 4.47. The standard InChI is InChI=1S/C18H17BrN2OS/c19-8-7-15-20-17(22)16-14(10-23-18(16)21-15)13-6-5-11-3-1-2-4-12(11)9-13/h5-6,9-10H,1-4,7-8H2,(H,20,21,22). The summed E-state index contributed by atoms with van der Waals surface area (Å²) in [6, 6.07) is 6.65. The Bertz CT molecular complexity index is 928. The average Bonchev–Trinajstić information content (AvgIpc) is 2.99. The third kappa shape index (κ3) is 2.76. The number of hydrogen-bond donors (Lipinski definition) is 1. The molecule has 0 atom stereocenters. The largest absolute Gasteiger partial charge is 0.310 e. The van der Waals surface area contributed by atoms with Crippen LogP contribution in [-0.4, -0.2) is 15.3 Å². The molecular formula is C18H17BrN2OS. The molecule has 118 valence electrons. The summed E-state index contributed by atoms with van der Waals surface area (Å²) in [4.78, 5) is 20.9. The number of halogens is 1. The molecule has 0 unspecified atom stereocenters. The van der Waals surface area contributed by atoms with Gasteiger partial charge in [0.05, 0.1) is 5.39 Å². The number of thiophene rings is 1. The summed E-state index contributed by atoms with van der Waals surface area (Å²) in [7, 11) is 0. The van der Waals surface area contributed by atoms with E-state index in [1.165, 1.54) is 30.4 Å². The zero-order valence-electron chi connectivity index (χ0n) is 12.7. The first-order valence-electron chi connectivity index (χ1n) is 7.95. The Morgan fingerprint density at radius 3 is 2.87 bits per heavy atom. The van der Waals surface area contributed by atoms with E-state index in [4.69, 9.17) is 0 Å². The van der Waals surface area contributed by atoms with Crippen LogP contribution in [0.3, 0.4) is 0 Å². The van der Waals surface area contributed by atoms with E-state index >= 15 is 0 Å². The van der Waals surface area contributed by atoms with Gasteiger partial charge in [0.15, 0.2) is 0 Å². The van der Waals surface area contributed by atoms with E-state index in [1.54, 1.807) is 11.3 Å². The van der Waals surface area contributed by atoms with Crippen molar-refractivity contribution in [3.05, 3.63) is 50.9 Å². The SMILES string of the molecule is O=c1[nH]c(CCBr)nc2scc(-c3ccc4c(c3)CCCC4)c12. The first kappa shape index (κ1) is 15.1. The number of benzene rings is 1. The van der Waals surface area contributed by atoms with Crippen LogP contribution in [0.15, 0.2) is 28.4 Å². The predicted molar refractivity (Wildman–Crippen MR) is 99.8 cm³/mol. The van der Waals surface area contributed by atoms with E-state index in [-0.39, 0.29) is 5.56 Å². The van der Waals surface area contributed by atoms with Gasteiger partial charge in [-0.05, 0) is 42.4 Å². The average molecular weight is 389 g/mol. The maximum Gasteiger partial charge on any atom is 0.260 e. The van der Waals surface area contributed by atoms with Crippen LogP contribution in [0.5, 0.6) is 0 Å². The van der Waals surface area contributed by atoms with Crippen molar-refractivity contribution in [3.63, 3.8) is 0 Å². The molecule has 0 amide bonds. The minimum atomic E-state index is -0.0279. The molecule has 0 bridgehead atoms. The van der Waals surface area contributed by atoms with Gasteiger partial charge >= 0.3 is 0 Å². The highest BCUT2D eigenvalue weighted by Crippen LogP contribution is 2.33. The van der Waals surface area contributed by atoms with Crippen LogP contribution < -0.4 is 5.56 Å². The summed E-state index contributed by atoms with van der Waals surface area (Å²) >= 11 is 4.95. The van der Waals surface area contributed by atoms with Gasteiger partial charge in [0.25, 0.3) is 5.56 Å². The molecule has 1 aromatic carbocycles. The lowest BCUT2D eigenvalue weighted by Gasteiger charge is -2.16. The molecule has 1 N–H and O–H groups in total. The highest BCUT2D eigenvalue weighted by molar-refractivity contribution is 9.09. The van der Waals surface area contributed by atoms with Gasteiger partial charge in [-0.3, -0.25) is 4.79 Å². The van der Waals surface area contributed by atoms with Gasteiger partial charge in [0, 0.05) is 22.7 Å². The van der Waals surface area contributed by atoms with Crippen molar-refractivity contribution in [3.8, 4) is 11.1 Å². The first-order valence-corrected chi connectivity index (χ1v) is 9.95. The van der Waals surface area contributed by atoms with Crippen LogP contribution in [-0.2, 0) is 19.3 Å². The summed E-state index contributed by atoms with van der Waals surface area (Å²) in [6.07, 6.45) is 5.61. The van der Waals surface area contributed by atoms with E-state index < -0.39 is 0 Å². The Balaban J connectivity index is 1.85. The number of nitrogens with zero attached hydrogens (tertiary/aromatic N) is 1. The topological polar surface area (TPSA) is 45.8 Å². The Morgan fingerprint density at radius 2 is 2.04 bits per heavy atom. The monoisotopic (exact) mass is 388 g/mol. The second-order valence-corrected chi connectivity index (χ2v) is 7.62. The summed E-state index contributed by atoms with van der Waals surface area (Å²) in [6.45, 7) is 0. The lowest BCUT2D eigenvalue weighted by Crippen LogP contribution is -2.11. The number of rotatable bonds is 3. The van der Waals surface area contributed by atoms with E-state index in [0.29, 0.717) is 0 Å². The zero-order valence-corrected chi connectivity index (χ0v) is 15.1. The van der Waals surface area contributed by atoms with Crippen molar-refractivity contribution >= 4 is 37.5 Å². The summed E-state index contributed by atoms with van der Waals surface area (Å²) < 4.78 is 0. The van der Waals surface area contributed by atoms with Crippen LogP contribution in [0.1, 0.15) is 29.8 Å². The molecule has 2 aromatic heterocycles. The van der Waals surface area contributed by atoms with Crippen molar-refractivity contribution in [1.82, 2.24) is 9.97 Å². The highest BCUT2D eigenvalue weighted by atomic mass is 79.9. The van der Waals surface area contributed by atoms with Crippen molar-refractivity contribution in [2.45, 2.75) is 32.1 Å². The molecule has 0 radical (unpaired) electrons. The van der Waals surface area contributed by atoms with E-state index in [1.807, 2.05) is 0 Å².